The minimum absolute atomic E-state index is 0.0124. The van der Waals surface area contributed by atoms with Crippen LogP contribution in [0, 0.1) is 18.3 Å². The summed E-state index contributed by atoms with van der Waals surface area (Å²) >= 11 is 0. The fourth-order valence-corrected chi connectivity index (χ4v) is 3.62. The first-order valence-electron chi connectivity index (χ1n) is 8.50. The number of amides is 1. The predicted octanol–water partition coefficient (Wildman–Crippen LogP) is 4.61. The van der Waals surface area contributed by atoms with E-state index >= 15 is 0 Å². The van der Waals surface area contributed by atoms with Crippen LogP contribution in [0.2, 0.25) is 0 Å². The Morgan fingerprint density at radius 1 is 1.29 bits per heavy atom. The van der Waals surface area contributed by atoms with Crippen LogP contribution in [0.1, 0.15) is 66.1 Å². The summed E-state index contributed by atoms with van der Waals surface area (Å²) in [6.45, 7) is 3.82. The maximum atomic E-state index is 13.3. The number of hydrogen-bond donors (Lipinski definition) is 0. The summed E-state index contributed by atoms with van der Waals surface area (Å²) in [5.74, 6) is 0.662. The molecule has 0 spiro atoms. The van der Waals surface area contributed by atoms with E-state index in [2.05, 4.69) is 19.1 Å². The van der Waals surface area contributed by atoms with Gasteiger partial charge in [-0.15, -0.1) is 0 Å². The molecule has 1 aliphatic carbocycles. The Balaban J connectivity index is 1.96. The Labute approximate surface area is 142 Å². The highest BCUT2D eigenvalue weighted by atomic mass is 16.3. The number of nitriles is 1. The molecule has 4 heteroatoms. The van der Waals surface area contributed by atoms with Gasteiger partial charge >= 0.3 is 0 Å². The molecule has 3 rings (SSSR count). The molecule has 1 amide bonds. The van der Waals surface area contributed by atoms with Crippen molar-refractivity contribution in [3.63, 3.8) is 0 Å². The smallest absolute Gasteiger partial charge is 0.258 e. The summed E-state index contributed by atoms with van der Waals surface area (Å²) in [7, 11) is 0. The molecule has 1 atom stereocenters. The fraction of sp³-hybridized carbons (Fsp3) is 0.400. The molecule has 2 aromatic rings. The first-order chi connectivity index (χ1) is 11.6. The lowest BCUT2D eigenvalue weighted by Gasteiger charge is -2.35. The summed E-state index contributed by atoms with van der Waals surface area (Å²) < 4.78 is 5.37. The minimum atomic E-state index is -0.0407. The Bertz CT molecular complexity index is 752. The number of furan rings is 1. The predicted molar refractivity (Wildman–Crippen MR) is 91.4 cm³/mol. The molecule has 1 saturated carbocycles. The van der Waals surface area contributed by atoms with Crippen molar-refractivity contribution in [1.82, 2.24) is 4.90 Å². The van der Waals surface area contributed by atoms with Crippen LogP contribution in [-0.2, 0) is 0 Å². The Morgan fingerprint density at radius 3 is 2.54 bits per heavy atom. The van der Waals surface area contributed by atoms with Gasteiger partial charge in [-0.1, -0.05) is 43.2 Å². The second kappa shape index (κ2) is 6.92. The summed E-state index contributed by atoms with van der Waals surface area (Å²) in [6.07, 6.45) is 4.38. The molecule has 1 aromatic heterocycles. The number of carbonyl (C=O) groups is 1. The van der Waals surface area contributed by atoms with E-state index in [1.807, 2.05) is 29.2 Å². The highest BCUT2D eigenvalue weighted by Gasteiger charge is 2.33. The third-order valence-electron chi connectivity index (χ3n) is 4.91. The second-order valence-corrected chi connectivity index (χ2v) is 6.43. The third-order valence-corrected chi connectivity index (χ3v) is 4.91. The zero-order valence-electron chi connectivity index (χ0n) is 14.2. The topological polar surface area (TPSA) is 57.2 Å². The van der Waals surface area contributed by atoms with Crippen molar-refractivity contribution in [1.29, 1.82) is 5.26 Å². The van der Waals surface area contributed by atoms with Gasteiger partial charge in [-0.25, -0.2) is 0 Å². The van der Waals surface area contributed by atoms with Crippen molar-refractivity contribution in [2.75, 3.05) is 0 Å². The zero-order valence-corrected chi connectivity index (χ0v) is 14.2. The lowest BCUT2D eigenvalue weighted by molar-refractivity contribution is 0.0590. The molecular formula is C20H22N2O2. The van der Waals surface area contributed by atoms with E-state index < -0.39 is 0 Å². The quantitative estimate of drug-likeness (QED) is 0.826. The van der Waals surface area contributed by atoms with E-state index in [-0.39, 0.29) is 23.8 Å². The number of benzene rings is 1. The Morgan fingerprint density at radius 2 is 1.96 bits per heavy atom. The first-order valence-corrected chi connectivity index (χ1v) is 8.50. The van der Waals surface area contributed by atoms with E-state index in [4.69, 9.17) is 9.68 Å². The highest BCUT2D eigenvalue weighted by Crippen LogP contribution is 2.33. The highest BCUT2D eigenvalue weighted by molar-refractivity contribution is 5.96. The molecule has 1 heterocycles. The van der Waals surface area contributed by atoms with Crippen molar-refractivity contribution in [2.24, 2.45) is 0 Å². The zero-order chi connectivity index (χ0) is 17.1. The Hall–Kier alpha value is -2.54. The summed E-state index contributed by atoms with van der Waals surface area (Å²) in [5.41, 5.74) is 1.63. The summed E-state index contributed by atoms with van der Waals surface area (Å²) in [6, 6.07) is 13.9. The molecule has 124 valence electrons. The van der Waals surface area contributed by atoms with E-state index in [0.717, 1.165) is 31.2 Å². The standard InChI is InChI=1S/C20H22N2O2/c1-14(16-8-4-3-5-9-16)22(17-10-6-7-11-17)20(23)19-12-18(13-21)24-15(19)2/h3-5,8-9,12,14,17H,6-7,10-11H2,1-2H3. The molecule has 4 nitrogen and oxygen atoms in total. The maximum Gasteiger partial charge on any atom is 0.258 e. The molecule has 1 aliphatic rings. The SMILES string of the molecule is Cc1oc(C#N)cc1C(=O)N(C1CCCC1)C(C)c1ccccc1. The number of carbonyl (C=O) groups excluding carboxylic acids is 1. The first kappa shape index (κ1) is 16.3. The van der Waals surface area contributed by atoms with Gasteiger partial charge in [0.05, 0.1) is 11.6 Å². The molecule has 0 saturated heterocycles. The van der Waals surface area contributed by atoms with E-state index in [0.29, 0.717) is 11.3 Å². The van der Waals surface area contributed by atoms with Crippen LogP contribution in [-0.4, -0.2) is 16.8 Å². The van der Waals surface area contributed by atoms with Crippen molar-refractivity contribution in [2.45, 2.75) is 51.6 Å². The molecular weight excluding hydrogens is 300 g/mol. The van der Waals surface area contributed by atoms with Crippen molar-refractivity contribution >= 4 is 5.91 Å². The number of aryl methyl sites for hydroxylation is 1. The number of hydrogen-bond acceptors (Lipinski definition) is 3. The van der Waals surface area contributed by atoms with Gasteiger partial charge < -0.3 is 9.32 Å². The largest absolute Gasteiger partial charge is 0.450 e. The average Bonchev–Trinajstić information content (AvgIpc) is 3.25. The maximum absolute atomic E-state index is 13.3. The van der Waals surface area contributed by atoms with Gasteiger partial charge in [0.1, 0.15) is 11.8 Å². The van der Waals surface area contributed by atoms with E-state index in [1.165, 1.54) is 0 Å². The molecule has 0 bridgehead atoms. The van der Waals surface area contributed by atoms with Crippen molar-refractivity contribution in [3.8, 4) is 6.07 Å². The molecule has 0 aliphatic heterocycles. The molecule has 0 radical (unpaired) electrons. The monoisotopic (exact) mass is 322 g/mol. The van der Waals surface area contributed by atoms with Crippen LogP contribution in [0.4, 0.5) is 0 Å². The van der Waals surface area contributed by atoms with Crippen molar-refractivity contribution in [3.05, 3.63) is 59.0 Å². The lowest BCUT2D eigenvalue weighted by Crippen LogP contribution is -2.40. The average molecular weight is 322 g/mol. The van der Waals surface area contributed by atoms with Crippen LogP contribution in [0.25, 0.3) is 0 Å². The van der Waals surface area contributed by atoms with Crippen LogP contribution >= 0.6 is 0 Å². The fourth-order valence-electron chi connectivity index (χ4n) is 3.62. The molecule has 1 fully saturated rings. The van der Waals surface area contributed by atoms with E-state index in [1.54, 1.807) is 13.0 Å². The van der Waals surface area contributed by atoms with Crippen LogP contribution in [0.5, 0.6) is 0 Å². The normalized spacial score (nSPS) is 15.9. The van der Waals surface area contributed by atoms with Gasteiger partial charge in [-0.2, -0.15) is 5.26 Å². The van der Waals surface area contributed by atoms with Crippen molar-refractivity contribution < 1.29 is 9.21 Å². The molecule has 24 heavy (non-hydrogen) atoms. The summed E-state index contributed by atoms with van der Waals surface area (Å²) in [4.78, 5) is 15.2. The molecule has 0 N–H and O–H groups in total. The number of rotatable bonds is 4. The van der Waals surface area contributed by atoms with E-state index in [9.17, 15) is 4.79 Å². The van der Waals surface area contributed by atoms with Gasteiger partial charge in [-0.3, -0.25) is 4.79 Å². The number of nitrogens with zero attached hydrogens (tertiary/aromatic N) is 2. The van der Waals surface area contributed by atoms with Crippen LogP contribution < -0.4 is 0 Å². The van der Waals surface area contributed by atoms with Crippen LogP contribution in [0.15, 0.2) is 40.8 Å². The molecule has 1 aromatic carbocycles. The third kappa shape index (κ3) is 3.07. The molecule has 1 unspecified atom stereocenters. The Kier molecular flexibility index (Phi) is 4.71. The van der Waals surface area contributed by atoms with Gasteiger partial charge in [0.15, 0.2) is 0 Å². The van der Waals surface area contributed by atoms with Gasteiger partial charge in [0, 0.05) is 12.1 Å². The lowest BCUT2D eigenvalue weighted by atomic mass is 10.0. The summed E-state index contributed by atoms with van der Waals surface area (Å²) in [5, 5.41) is 9.03. The van der Waals surface area contributed by atoms with Gasteiger partial charge in [0.25, 0.3) is 5.91 Å². The van der Waals surface area contributed by atoms with Gasteiger partial charge in [-0.05, 0) is 32.3 Å². The minimum Gasteiger partial charge on any atom is -0.450 e. The van der Waals surface area contributed by atoms with Crippen LogP contribution in [0.3, 0.4) is 0 Å². The van der Waals surface area contributed by atoms with Gasteiger partial charge in [0.2, 0.25) is 5.76 Å². The second-order valence-electron chi connectivity index (χ2n) is 6.43.